The van der Waals surface area contributed by atoms with Crippen LogP contribution in [0, 0.1) is 0 Å². The molecule has 1 aromatic heterocycles. The van der Waals surface area contributed by atoms with Crippen LogP contribution >= 0.6 is 0 Å². The molecule has 1 aliphatic rings. The van der Waals surface area contributed by atoms with Crippen molar-refractivity contribution < 1.29 is 22.8 Å². The molecule has 5 nitrogen and oxygen atoms in total. The molecule has 1 atom stereocenters. The Hall–Kier alpha value is -2.18. The van der Waals surface area contributed by atoms with E-state index in [1.54, 1.807) is 25.3 Å². The molecule has 1 unspecified atom stereocenters. The second kappa shape index (κ2) is 6.14. The van der Waals surface area contributed by atoms with E-state index in [2.05, 4.69) is 10.1 Å². The minimum absolute atomic E-state index is 0.0693. The van der Waals surface area contributed by atoms with Gasteiger partial charge in [0.1, 0.15) is 0 Å². The largest absolute Gasteiger partial charge is 0.493 e. The molecule has 1 saturated carbocycles. The molecule has 1 fully saturated rings. The number of benzene rings is 1. The molecule has 0 bridgehead atoms. The van der Waals surface area contributed by atoms with Crippen LogP contribution in [0.2, 0.25) is 0 Å². The first kappa shape index (κ1) is 15.7. The number of methoxy groups -OCH3 is 2. The van der Waals surface area contributed by atoms with E-state index in [9.17, 15) is 8.78 Å². The lowest BCUT2D eigenvalue weighted by atomic mass is 9.86. The Morgan fingerprint density at radius 3 is 2.70 bits per heavy atom. The maximum absolute atomic E-state index is 13.5. The van der Waals surface area contributed by atoms with E-state index in [0.717, 1.165) is 0 Å². The summed E-state index contributed by atoms with van der Waals surface area (Å²) < 4.78 is 42.7. The van der Waals surface area contributed by atoms with E-state index < -0.39 is 5.92 Å². The first-order valence-corrected chi connectivity index (χ1v) is 7.46. The Labute approximate surface area is 132 Å². The van der Waals surface area contributed by atoms with E-state index >= 15 is 0 Å². The molecule has 0 saturated heterocycles. The zero-order chi connectivity index (χ0) is 16.4. The zero-order valence-corrected chi connectivity index (χ0v) is 13.0. The monoisotopic (exact) mass is 324 g/mol. The van der Waals surface area contributed by atoms with Gasteiger partial charge in [-0.2, -0.15) is 4.98 Å². The highest BCUT2D eigenvalue weighted by Gasteiger charge is 2.39. The standard InChI is InChI=1S/C16H18F2N2O3/c1-21-12-6-5-10(8-13(12)22-2)14-19-15(23-20-14)11-4-3-7-16(17,18)9-11/h5-6,8,11H,3-4,7,9H2,1-2H3. The van der Waals surface area contributed by atoms with Gasteiger partial charge >= 0.3 is 0 Å². The van der Waals surface area contributed by atoms with E-state index in [-0.39, 0.29) is 24.7 Å². The molecular formula is C16H18F2N2O3. The van der Waals surface area contributed by atoms with E-state index in [0.29, 0.717) is 35.7 Å². The maximum Gasteiger partial charge on any atom is 0.248 e. The molecule has 0 radical (unpaired) electrons. The van der Waals surface area contributed by atoms with Gasteiger partial charge in [-0.05, 0) is 31.0 Å². The van der Waals surface area contributed by atoms with Gasteiger partial charge in [0, 0.05) is 24.3 Å². The van der Waals surface area contributed by atoms with Crippen molar-refractivity contribution in [2.75, 3.05) is 14.2 Å². The van der Waals surface area contributed by atoms with Crippen molar-refractivity contribution >= 4 is 0 Å². The predicted octanol–water partition coefficient (Wildman–Crippen LogP) is 4.05. The third-order valence-corrected chi connectivity index (χ3v) is 4.07. The van der Waals surface area contributed by atoms with Crippen molar-refractivity contribution in [3.8, 4) is 22.9 Å². The van der Waals surface area contributed by atoms with Gasteiger partial charge < -0.3 is 14.0 Å². The normalized spacial score (nSPS) is 20.3. The topological polar surface area (TPSA) is 57.4 Å². The Bertz CT molecular complexity index is 688. The van der Waals surface area contributed by atoms with Crippen molar-refractivity contribution in [1.82, 2.24) is 10.1 Å². The van der Waals surface area contributed by atoms with Crippen LogP contribution in [0.3, 0.4) is 0 Å². The van der Waals surface area contributed by atoms with Gasteiger partial charge in [0.05, 0.1) is 14.2 Å². The third kappa shape index (κ3) is 3.28. The maximum atomic E-state index is 13.5. The minimum Gasteiger partial charge on any atom is -0.493 e. The van der Waals surface area contributed by atoms with Crippen LogP contribution in [0.1, 0.15) is 37.5 Å². The van der Waals surface area contributed by atoms with Gasteiger partial charge in [-0.3, -0.25) is 0 Å². The second-order valence-electron chi connectivity index (χ2n) is 5.68. The number of hydrogen-bond donors (Lipinski definition) is 0. The quantitative estimate of drug-likeness (QED) is 0.849. The molecule has 0 amide bonds. The summed E-state index contributed by atoms with van der Waals surface area (Å²) in [6.45, 7) is 0. The Morgan fingerprint density at radius 2 is 2.00 bits per heavy atom. The van der Waals surface area contributed by atoms with E-state index in [1.807, 2.05) is 0 Å². The van der Waals surface area contributed by atoms with Crippen molar-refractivity contribution in [2.45, 2.75) is 37.5 Å². The molecule has 3 rings (SSSR count). The first-order valence-electron chi connectivity index (χ1n) is 7.46. The van der Waals surface area contributed by atoms with Gasteiger partial charge in [0.2, 0.25) is 17.6 Å². The zero-order valence-electron chi connectivity index (χ0n) is 13.0. The van der Waals surface area contributed by atoms with E-state index in [1.165, 1.54) is 7.11 Å². The van der Waals surface area contributed by atoms with E-state index in [4.69, 9.17) is 14.0 Å². The number of nitrogens with zero attached hydrogens (tertiary/aromatic N) is 2. The van der Waals surface area contributed by atoms with Gasteiger partial charge in [0.25, 0.3) is 0 Å². The van der Waals surface area contributed by atoms with Gasteiger partial charge in [-0.1, -0.05) is 5.16 Å². The highest BCUT2D eigenvalue weighted by molar-refractivity contribution is 5.60. The summed E-state index contributed by atoms with van der Waals surface area (Å²) in [5.41, 5.74) is 0.681. The van der Waals surface area contributed by atoms with Crippen molar-refractivity contribution in [2.24, 2.45) is 0 Å². The summed E-state index contributed by atoms with van der Waals surface area (Å²) in [5.74, 6) is -1.28. The predicted molar refractivity (Wildman–Crippen MR) is 79.0 cm³/mol. The van der Waals surface area contributed by atoms with Crippen molar-refractivity contribution in [3.05, 3.63) is 24.1 Å². The molecule has 0 N–H and O–H groups in total. The van der Waals surface area contributed by atoms with Crippen LogP contribution in [0.15, 0.2) is 22.7 Å². The molecule has 1 heterocycles. The average molecular weight is 324 g/mol. The summed E-state index contributed by atoms with van der Waals surface area (Å²) in [6.07, 6.45) is 0.801. The van der Waals surface area contributed by atoms with Gasteiger partial charge in [-0.15, -0.1) is 0 Å². The number of aromatic nitrogens is 2. The lowest BCUT2D eigenvalue weighted by Crippen LogP contribution is -2.25. The van der Waals surface area contributed by atoms with Gasteiger partial charge in [-0.25, -0.2) is 8.78 Å². The summed E-state index contributed by atoms with van der Waals surface area (Å²) >= 11 is 0. The van der Waals surface area contributed by atoms with Crippen molar-refractivity contribution in [1.29, 1.82) is 0 Å². The number of hydrogen-bond acceptors (Lipinski definition) is 5. The lowest BCUT2D eigenvalue weighted by molar-refractivity contribution is -0.0440. The van der Waals surface area contributed by atoms with Crippen LogP contribution in [-0.4, -0.2) is 30.3 Å². The molecule has 1 aromatic carbocycles. The fourth-order valence-corrected chi connectivity index (χ4v) is 2.88. The lowest BCUT2D eigenvalue weighted by Gasteiger charge is -2.26. The SMILES string of the molecule is COc1ccc(-c2noc(C3CCCC(F)(F)C3)n2)cc1OC. The number of ether oxygens (including phenoxy) is 2. The third-order valence-electron chi connectivity index (χ3n) is 4.07. The first-order chi connectivity index (χ1) is 11.0. The molecule has 23 heavy (non-hydrogen) atoms. The van der Waals surface area contributed by atoms with Crippen LogP contribution in [-0.2, 0) is 0 Å². The van der Waals surface area contributed by atoms with Crippen LogP contribution in [0.5, 0.6) is 11.5 Å². The van der Waals surface area contributed by atoms with Crippen LogP contribution in [0.25, 0.3) is 11.4 Å². The Balaban J connectivity index is 1.84. The molecule has 0 spiro atoms. The smallest absolute Gasteiger partial charge is 0.248 e. The highest BCUT2D eigenvalue weighted by atomic mass is 19.3. The Morgan fingerprint density at radius 1 is 1.22 bits per heavy atom. The Kier molecular flexibility index (Phi) is 4.19. The molecule has 7 heteroatoms. The number of rotatable bonds is 4. The number of alkyl halides is 2. The summed E-state index contributed by atoms with van der Waals surface area (Å²) in [5, 5.41) is 3.91. The second-order valence-corrected chi connectivity index (χ2v) is 5.68. The summed E-state index contributed by atoms with van der Waals surface area (Å²) in [4.78, 5) is 4.29. The van der Waals surface area contributed by atoms with Gasteiger partial charge in [0.15, 0.2) is 11.5 Å². The van der Waals surface area contributed by atoms with Crippen LogP contribution in [0.4, 0.5) is 8.78 Å². The number of halogens is 2. The highest BCUT2D eigenvalue weighted by Crippen LogP contribution is 2.41. The molecule has 2 aromatic rings. The van der Waals surface area contributed by atoms with Crippen LogP contribution < -0.4 is 9.47 Å². The summed E-state index contributed by atoms with van der Waals surface area (Å²) in [7, 11) is 3.08. The van der Waals surface area contributed by atoms with Crippen molar-refractivity contribution in [3.63, 3.8) is 0 Å². The summed E-state index contributed by atoms with van der Waals surface area (Å²) in [6, 6.07) is 5.23. The fraction of sp³-hybridized carbons (Fsp3) is 0.500. The molecule has 124 valence electrons. The molecule has 0 aliphatic heterocycles. The molecular weight excluding hydrogens is 306 g/mol. The fourth-order valence-electron chi connectivity index (χ4n) is 2.88. The molecule has 1 aliphatic carbocycles. The average Bonchev–Trinajstić information content (AvgIpc) is 3.03. The minimum atomic E-state index is -2.65.